The van der Waals surface area contributed by atoms with Gasteiger partial charge in [0.1, 0.15) is 12.0 Å². The zero-order chi connectivity index (χ0) is 15.8. The summed E-state index contributed by atoms with van der Waals surface area (Å²) in [5.74, 6) is -0.877. The Bertz CT molecular complexity index is 577. The topological polar surface area (TPSA) is 57.2 Å². The molecule has 1 aliphatic carbocycles. The molecule has 21 heavy (non-hydrogen) atoms. The first-order chi connectivity index (χ1) is 9.70. The average Bonchev–Trinajstić information content (AvgIpc) is 3.20. The Kier molecular flexibility index (Phi) is 4.43. The molecule has 0 amide bonds. The summed E-state index contributed by atoms with van der Waals surface area (Å²) in [5, 5.41) is 0. The lowest BCUT2D eigenvalue weighted by Crippen LogP contribution is -2.15. The standard InChI is InChI=1S/C14H13F3O3S/c1-21(20)13-6-9(14(15,16)17)4-5-10(13)12(19)7-11(18)8-2-3-8/h4-6,8H,2-3,7H2,1H3. The number of carbonyl (C=O) groups is 2. The van der Waals surface area contributed by atoms with Crippen molar-refractivity contribution >= 4 is 22.7 Å². The van der Waals surface area contributed by atoms with Crippen molar-refractivity contribution in [2.24, 2.45) is 5.92 Å². The van der Waals surface area contributed by atoms with Crippen molar-refractivity contribution in [1.29, 1.82) is 0 Å². The Morgan fingerprint density at radius 1 is 1.33 bits per heavy atom. The first-order valence-corrected chi connectivity index (χ1v) is 7.86. The fourth-order valence-corrected chi connectivity index (χ4v) is 2.75. The van der Waals surface area contributed by atoms with Crippen LogP contribution in [0.15, 0.2) is 23.1 Å². The molecule has 0 aliphatic heterocycles. The molecule has 0 radical (unpaired) electrons. The molecule has 1 unspecified atom stereocenters. The van der Waals surface area contributed by atoms with E-state index < -0.39 is 28.7 Å². The summed E-state index contributed by atoms with van der Waals surface area (Å²) in [6, 6.07) is 2.48. The second-order valence-electron chi connectivity index (χ2n) is 5.00. The minimum absolute atomic E-state index is 0.0715. The van der Waals surface area contributed by atoms with Gasteiger partial charge in [0.25, 0.3) is 0 Å². The van der Waals surface area contributed by atoms with Crippen molar-refractivity contribution in [3.05, 3.63) is 29.3 Å². The SMILES string of the molecule is C[S+]([O-])c1cc(C(F)(F)F)ccc1C(=O)CC(=O)C1CC1. The minimum Gasteiger partial charge on any atom is -0.612 e. The molecule has 1 aromatic rings. The molecule has 7 heteroatoms. The Labute approximate surface area is 122 Å². The summed E-state index contributed by atoms with van der Waals surface area (Å²) >= 11 is -1.75. The van der Waals surface area contributed by atoms with Gasteiger partial charge in [-0.05, 0) is 36.2 Å². The lowest BCUT2D eigenvalue weighted by atomic mass is 10.0. The van der Waals surface area contributed by atoms with Crippen LogP contribution in [-0.4, -0.2) is 22.4 Å². The lowest BCUT2D eigenvalue weighted by molar-refractivity contribution is -0.137. The Morgan fingerprint density at radius 2 is 1.95 bits per heavy atom. The highest BCUT2D eigenvalue weighted by Gasteiger charge is 2.35. The zero-order valence-electron chi connectivity index (χ0n) is 11.2. The molecular weight excluding hydrogens is 305 g/mol. The van der Waals surface area contributed by atoms with Crippen LogP contribution in [0.25, 0.3) is 0 Å². The van der Waals surface area contributed by atoms with Gasteiger partial charge < -0.3 is 4.55 Å². The van der Waals surface area contributed by atoms with Gasteiger partial charge in [-0.1, -0.05) is 0 Å². The second kappa shape index (κ2) is 5.81. The largest absolute Gasteiger partial charge is 0.612 e. The molecule has 0 saturated heterocycles. The fraction of sp³-hybridized carbons (Fsp3) is 0.429. The second-order valence-corrected chi connectivity index (χ2v) is 6.35. The quantitative estimate of drug-likeness (QED) is 0.476. The molecule has 1 saturated carbocycles. The minimum atomic E-state index is -4.57. The van der Waals surface area contributed by atoms with Gasteiger partial charge in [0.2, 0.25) is 0 Å². The normalized spacial score (nSPS) is 16.6. The summed E-state index contributed by atoms with van der Waals surface area (Å²) < 4.78 is 49.5. The van der Waals surface area contributed by atoms with E-state index in [9.17, 15) is 27.3 Å². The van der Waals surface area contributed by atoms with Gasteiger partial charge in [-0.3, -0.25) is 9.59 Å². The fourth-order valence-electron chi connectivity index (χ4n) is 1.97. The molecule has 0 heterocycles. The van der Waals surface area contributed by atoms with E-state index in [-0.39, 0.29) is 28.6 Å². The summed E-state index contributed by atoms with van der Waals surface area (Å²) in [6.07, 6.45) is -2.20. The van der Waals surface area contributed by atoms with Crippen LogP contribution in [0.3, 0.4) is 0 Å². The number of halogens is 3. The number of alkyl halides is 3. The van der Waals surface area contributed by atoms with E-state index in [1.165, 1.54) is 6.26 Å². The van der Waals surface area contributed by atoms with Crippen LogP contribution < -0.4 is 0 Å². The van der Waals surface area contributed by atoms with Crippen LogP contribution in [0.4, 0.5) is 13.2 Å². The molecule has 1 aliphatic rings. The first-order valence-electron chi connectivity index (χ1n) is 6.30. The zero-order valence-corrected chi connectivity index (χ0v) is 12.0. The predicted octanol–water partition coefficient (Wildman–Crippen LogP) is 2.99. The third-order valence-electron chi connectivity index (χ3n) is 3.29. The van der Waals surface area contributed by atoms with Gasteiger partial charge >= 0.3 is 6.18 Å². The predicted molar refractivity (Wildman–Crippen MR) is 70.5 cm³/mol. The summed E-state index contributed by atoms with van der Waals surface area (Å²) in [5.41, 5.74) is -1.03. The van der Waals surface area contributed by atoms with Crippen molar-refractivity contribution in [3.63, 3.8) is 0 Å². The van der Waals surface area contributed by atoms with E-state index >= 15 is 0 Å². The Morgan fingerprint density at radius 3 is 2.43 bits per heavy atom. The maximum absolute atomic E-state index is 12.7. The first kappa shape index (κ1) is 16.0. The number of hydrogen-bond acceptors (Lipinski definition) is 3. The van der Waals surface area contributed by atoms with Crippen molar-refractivity contribution in [2.75, 3.05) is 6.26 Å². The van der Waals surface area contributed by atoms with E-state index in [4.69, 9.17) is 0 Å². The lowest BCUT2D eigenvalue weighted by Gasteiger charge is -2.13. The van der Waals surface area contributed by atoms with Crippen LogP contribution in [-0.2, 0) is 22.1 Å². The van der Waals surface area contributed by atoms with Gasteiger partial charge in [0, 0.05) is 12.0 Å². The van der Waals surface area contributed by atoms with Crippen molar-refractivity contribution in [1.82, 2.24) is 0 Å². The summed E-state index contributed by atoms with van der Waals surface area (Å²) in [7, 11) is 0. The Balaban J connectivity index is 2.29. The molecule has 1 atom stereocenters. The number of ketones is 2. The van der Waals surface area contributed by atoms with Crippen molar-refractivity contribution < 1.29 is 27.3 Å². The number of benzene rings is 1. The third-order valence-corrected chi connectivity index (χ3v) is 4.24. The Hall–Kier alpha value is -1.34. The van der Waals surface area contributed by atoms with Gasteiger partial charge in [-0.15, -0.1) is 0 Å². The highest BCUT2D eigenvalue weighted by molar-refractivity contribution is 7.90. The van der Waals surface area contributed by atoms with Crippen molar-refractivity contribution in [2.45, 2.75) is 30.3 Å². The van der Waals surface area contributed by atoms with Gasteiger partial charge in [0.05, 0.1) is 17.5 Å². The smallest absolute Gasteiger partial charge is 0.416 e. The molecule has 2 rings (SSSR count). The number of rotatable bonds is 5. The van der Waals surface area contributed by atoms with Crippen LogP contribution in [0, 0.1) is 5.92 Å². The maximum Gasteiger partial charge on any atom is 0.416 e. The van der Waals surface area contributed by atoms with E-state index in [0.717, 1.165) is 25.0 Å². The van der Waals surface area contributed by atoms with Crippen LogP contribution >= 0.6 is 0 Å². The highest BCUT2D eigenvalue weighted by Crippen LogP contribution is 2.34. The molecule has 0 aromatic heterocycles. The molecule has 1 aromatic carbocycles. The van der Waals surface area contributed by atoms with Crippen molar-refractivity contribution in [3.8, 4) is 0 Å². The van der Waals surface area contributed by atoms with E-state index in [1.54, 1.807) is 0 Å². The number of carbonyl (C=O) groups excluding carboxylic acids is 2. The molecule has 0 spiro atoms. The number of hydrogen-bond donors (Lipinski definition) is 0. The van der Waals surface area contributed by atoms with Crippen LogP contribution in [0.2, 0.25) is 0 Å². The van der Waals surface area contributed by atoms with E-state index in [1.807, 2.05) is 0 Å². The molecule has 0 N–H and O–H groups in total. The summed E-state index contributed by atoms with van der Waals surface area (Å²) in [4.78, 5) is 23.5. The van der Waals surface area contributed by atoms with Crippen LogP contribution in [0.1, 0.15) is 35.2 Å². The molecule has 1 fully saturated rings. The van der Waals surface area contributed by atoms with E-state index in [0.29, 0.717) is 6.07 Å². The third kappa shape index (κ3) is 3.85. The van der Waals surface area contributed by atoms with E-state index in [2.05, 4.69) is 0 Å². The summed E-state index contributed by atoms with van der Waals surface area (Å²) in [6.45, 7) is 0. The van der Waals surface area contributed by atoms with Crippen LogP contribution in [0.5, 0.6) is 0 Å². The number of Topliss-reactive ketones (excluding diaryl/α,β-unsaturated/α-hetero) is 2. The monoisotopic (exact) mass is 318 g/mol. The van der Waals surface area contributed by atoms with Gasteiger partial charge in [-0.25, -0.2) is 0 Å². The maximum atomic E-state index is 12.7. The van der Waals surface area contributed by atoms with Gasteiger partial charge in [0.15, 0.2) is 10.7 Å². The molecule has 114 valence electrons. The molecule has 3 nitrogen and oxygen atoms in total. The molecule has 0 bridgehead atoms. The van der Waals surface area contributed by atoms with Gasteiger partial charge in [-0.2, -0.15) is 13.2 Å². The highest BCUT2D eigenvalue weighted by atomic mass is 32.2. The average molecular weight is 318 g/mol. The molecular formula is C14H13F3O3S.